The number of benzene rings is 3. The molecule has 4 nitrogen and oxygen atoms in total. The van der Waals surface area contributed by atoms with Gasteiger partial charge in [-0.3, -0.25) is 4.79 Å². The Hall–Kier alpha value is -3.05. The normalized spacial score (nSPS) is 23.0. The molecule has 3 aromatic carbocycles. The second-order valence-electron chi connectivity index (χ2n) is 11.4. The molecule has 0 radical (unpaired) electrons. The zero-order valence-corrected chi connectivity index (χ0v) is 23.8. The van der Waals surface area contributed by atoms with Gasteiger partial charge in [-0.25, -0.2) is 0 Å². The summed E-state index contributed by atoms with van der Waals surface area (Å²) in [6.07, 6.45) is -4.01. The highest BCUT2D eigenvalue weighted by Crippen LogP contribution is 2.51. The van der Waals surface area contributed by atoms with Gasteiger partial charge in [-0.2, -0.15) is 18.4 Å². The van der Waals surface area contributed by atoms with Crippen LogP contribution in [0.25, 0.3) is 0 Å². The lowest BCUT2D eigenvalue weighted by molar-refractivity contribution is -0.138. The third-order valence-electron chi connectivity index (χ3n) is 7.34. The van der Waals surface area contributed by atoms with E-state index in [4.69, 9.17) is 23.2 Å². The van der Waals surface area contributed by atoms with Gasteiger partial charge in [0.2, 0.25) is 5.91 Å². The number of rotatable bonds is 6. The molecule has 1 heterocycles. The molecule has 0 aromatic heterocycles. The van der Waals surface area contributed by atoms with Crippen LogP contribution in [-0.2, 0) is 22.9 Å². The van der Waals surface area contributed by atoms with Crippen molar-refractivity contribution >= 4 is 29.1 Å². The molecule has 4 atom stereocenters. The summed E-state index contributed by atoms with van der Waals surface area (Å²) in [5.74, 6) is -1.21. The molecule has 40 heavy (non-hydrogen) atoms. The molecule has 0 aliphatic carbocycles. The Labute approximate surface area is 242 Å². The third-order valence-corrected chi connectivity index (χ3v) is 7.83. The van der Waals surface area contributed by atoms with E-state index in [1.54, 1.807) is 42.5 Å². The first-order valence-electron chi connectivity index (χ1n) is 12.9. The maximum absolute atomic E-state index is 13.8. The molecule has 0 unspecified atom stereocenters. The van der Waals surface area contributed by atoms with Crippen molar-refractivity contribution in [2.45, 2.75) is 63.3 Å². The third kappa shape index (κ3) is 6.15. The van der Waals surface area contributed by atoms with Gasteiger partial charge in [-0.05, 0) is 58.9 Å². The Bertz CT molecular complexity index is 1410. The van der Waals surface area contributed by atoms with Crippen molar-refractivity contribution in [1.82, 2.24) is 10.6 Å². The first-order valence-corrected chi connectivity index (χ1v) is 13.6. The van der Waals surface area contributed by atoms with Gasteiger partial charge in [-0.15, -0.1) is 0 Å². The molecule has 3 aromatic rings. The van der Waals surface area contributed by atoms with E-state index in [2.05, 4.69) is 37.5 Å². The van der Waals surface area contributed by atoms with Crippen LogP contribution in [0, 0.1) is 16.7 Å². The Morgan fingerprint density at radius 1 is 1.00 bits per heavy atom. The van der Waals surface area contributed by atoms with Gasteiger partial charge >= 0.3 is 6.18 Å². The van der Waals surface area contributed by atoms with E-state index in [-0.39, 0.29) is 17.5 Å². The summed E-state index contributed by atoms with van der Waals surface area (Å²) >= 11 is 12.6. The van der Waals surface area contributed by atoms with Crippen LogP contribution in [0.5, 0.6) is 0 Å². The van der Waals surface area contributed by atoms with Gasteiger partial charge in [0, 0.05) is 28.5 Å². The highest BCUT2D eigenvalue weighted by atomic mass is 35.5. The van der Waals surface area contributed by atoms with Gasteiger partial charge in [0.15, 0.2) is 0 Å². The highest BCUT2D eigenvalue weighted by molar-refractivity contribution is 6.30. The largest absolute Gasteiger partial charge is 0.416 e. The summed E-state index contributed by atoms with van der Waals surface area (Å²) in [5, 5.41) is 18.0. The van der Waals surface area contributed by atoms with E-state index in [1.807, 2.05) is 6.07 Å². The predicted octanol–water partition coefficient (Wildman–Crippen LogP) is 7.65. The number of nitrogens with zero attached hydrogens (tertiary/aromatic N) is 1. The summed E-state index contributed by atoms with van der Waals surface area (Å²) in [4.78, 5) is 13.8. The molecule has 0 spiro atoms. The molecular weight excluding hydrogens is 558 g/mol. The maximum Gasteiger partial charge on any atom is 0.416 e. The molecule has 1 amide bonds. The summed E-state index contributed by atoms with van der Waals surface area (Å²) < 4.78 is 40.8. The molecule has 0 bridgehead atoms. The van der Waals surface area contributed by atoms with Crippen LogP contribution in [0.3, 0.4) is 0 Å². The van der Waals surface area contributed by atoms with E-state index in [9.17, 15) is 23.2 Å². The number of hydrogen-bond donors (Lipinski definition) is 2. The molecule has 1 aliphatic rings. The second kappa shape index (κ2) is 11.4. The minimum Gasteiger partial charge on any atom is -0.351 e. The molecule has 1 aliphatic heterocycles. The summed E-state index contributed by atoms with van der Waals surface area (Å²) in [6.45, 7) is 5.83. The molecular formula is C31H30Cl2F3N3O. The van der Waals surface area contributed by atoms with E-state index in [0.29, 0.717) is 27.6 Å². The minimum absolute atomic E-state index is 0.0452. The van der Waals surface area contributed by atoms with Crippen molar-refractivity contribution in [2.75, 3.05) is 0 Å². The topological polar surface area (TPSA) is 64.9 Å². The van der Waals surface area contributed by atoms with E-state index < -0.39 is 41.1 Å². The van der Waals surface area contributed by atoms with Crippen LogP contribution in [0.1, 0.15) is 55.4 Å². The standard InChI is InChI=1S/C31H30Cl2F3N3O/c1-29(2,3)16-25-30(18-37,21-11-13-22(32)14-12-21)26(19-8-6-9-23(33)15-19)27(39-25)28(40)38-17-20-7-4-5-10-24(20)31(34,35)36/h4-15,25-27,39H,16-17H2,1-3H3,(H,38,40)/t25-,26-,27+,30-/m0/s1. The van der Waals surface area contributed by atoms with E-state index in [0.717, 1.165) is 6.07 Å². The van der Waals surface area contributed by atoms with Crippen molar-refractivity contribution in [3.63, 3.8) is 0 Å². The molecule has 1 saturated heterocycles. The van der Waals surface area contributed by atoms with Crippen molar-refractivity contribution in [3.05, 3.63) is 105 Å². The zero-order valence-electron chi connectivity index (χ0n) is 22.3. The Kier molecular flexibility index (Phi) is 8.56. The van der Waals surface area contributed by atoms with Gasteiger partial charge in [-0.1, -0.05) is 86.4 Å². The first-order chi connectivity index (χ1) is 18.8. The number of carbonyl (C=O) groups excluding carboxylic acids is 1. The summed E-state index contributed by atoms with van der Waals surface area (Å²) in [5.41, 5.74) is -0.931. The molecule has 210 valence electrons. The first kappa shape index (κ1) is 29.9. The van der Waals surface area contributed by atoms with Crippen molar-refractivity contribution in [3.8, 4) is 6.07 Å². The minimum atomic E-state index is -4.56. The average Bonchev–Trinajstić information content (AvgIpc) is 3.20. The SMILES string of the molecule is CC(C)(C)C[C@@H]1N[C@@H](C(=O)NCc2ccccc2C(F)(F)F)[C@H](c2cccc(Cl)c2)[C@@]1(C#N)c1ccc(Cl)cc1. The molecule has 9 heteroatoms. The second-order valence-corrected chi connectivity index (χ2v) is 12.2. The van der Waals surface area contributed by atoms with Gasteiger partial charge in [0.05, 0.1) is 17.7 Å². The quantitative estimate of drug-likeness (QED) is 0.311. The fourth-order valence-electron chi connectivity index (χ4n) is 5.70. The van der Waals surface area contributed by atoms with E-state index >= 15 is 0 Å². The van der Waals surface area contributed by atoms with Crippen molar-refractivity contribution < 1.29 is 18.0 Å². The lowest BCUT2D eigenvalue weighted by Crippen LogP contribution is -2.45. The molecule has 4 rings (SSSR count). The predicted molar refractivity (Wildman–Crippen MR) is 151 cm³/mol. The number of carbonyl (C=O) groups is 1. The van der Waals surface area contributed by atoms with E-state index in [1.165, 1.54) is 18.2 Å². The molecule has 2 N–H and O–H groups in total. The average molecular weight is 589 g/mol. The molecule has 0 saturated carbocycles. The Morgan fingerprint density at radius 3 is 2.27 bits per heavy atom. The number of nitriles is 1. The maximum atomic E-state index is 13.8. The lowest BCUT2D eigenvalue weighted by atomic mass is 9.63. The summed E-state index contributed by atoms with van der Waals surface area (Å²) in [6, 6.07) is 20.3. The number of nitrogens with one attached hydrogen (secondary N) is 2. The molecule has 1 fully saturated rings. The van der Waals surface area contributed by atoms with Crippen LogP contribution >= 0.6 is 23.2 Å². The van der Waals surface area contributed by atoms with Gasteiger partial charge in [0.1, 0.15) is 5.41 Å². The zero-order chi connectivity index (χ0) is 29.3. The van der Waals surface area contributed by atoms with Gasteiger partial charge < -0.3 is 10.6 Å². The van der Waals surface area contributed by atoms with Crippen LogP contribution in [-0.4, -0.2) is 18.0 Å². The number of halogens is 5. The monoisotopic (exact) mass is 587 g/mol. The van der Waals surface area contributed by atoms with Crippen LogP contribution in [0.2, 0.25) is 10.0 Å². The highest BCUT2D eigenvalue weighted by Gasteiger charge is 2.59. The Balaban J connectivity index is 1.81. The number of alkyl halides is 3. The van der Waals surface area contributed by atoms with Crippen LogP contribution < -0.4 is 10.6 Å². The number of amides is 1. The fraction of sp³-hybridized carbons (Fsp3) is 0.355. The Morgan fingerprint density at radius 2 is 1.68 bits per heavy atom. The number of hydrogen-bond acceptors (Lipinski definition) is 3. The lowest BCUT2D eigenvalue weighted by Gasteiger charge is -2.37. The van der Waals surface area contributed by atoms with Crippen LogP contribution in [0.4, 0.5) is 13.2 Å². The van der Waals surface area contributed by atoms with Crippen molar-refractivity contribution in [2.24, 2.45) is 5.41 Å². The summed E-state index contributed by atoms with van der Waals surface area (Å²) in [7, 11) is 0. The smallest absolute Gasteiger partial charge is 0.351 e. The van der Waals surface area contributed by atoms with Crippen LogP contribution in [0.15, 0.2) is 72.8 Å². The van der Waals surface area contributed by atoms with Crippen molar-refractivity contribution in [1.29, 1.82) is 5.26 Å². The fourth-order valence-corrected chi connectivity index (χ4v) is 6.03. The van der Waals surface area contributed by atoms with Gasteiger partial charge in [0.25, 0.3) is 0 Å².